The number of thiazole rings is 1. The molecule has 5 nitrogen and oxygen atoms in total. The first-order chi connectivity index (χ1) is 10.5. The van der Waals surface area contributed by atoms with Gasteiger partial charge in [-0.25, -0.2) is 4.98 Å². The fourth-order valence-electron chi connectivity index (χ4n) is 3.03. The molecule has 126 valence electrons. The second kappa shape index (κ2) is 8.24. The minimum absolute atomic E-state index is 0.276. The summed E-state index contributed by atoms with van der Waals surface area (Å²) in [7, 11) is 4.06. The molecule has 1 aliphatic heterocycles. The summed E-state index contributed by atoms with van der Waals surface area (Å²) in [6, 6.07) is 0.474. The van der Waals surface area contributed by atoms with Crippen molar-refractivity contribution in [3.05, 3.63) is 11.1 Å². The van der Waals surface area contributed by atoms with Crippen molar-refractivity contribution in [2.45, 2.75) is 32.9 Å². The van der Waals surface area contributed by atoms with Crippen molar-refractivity contribution < 1.29 is 5.11 Å². The van der Waals surface area contributed by atoms with Crippen LogP contribution in [0.5, 0.6) is 0 Å². The van der Waals surface area contributed by atoms with E-state index in [0.717, 1.165) is 44.3 Å². The van der Waals surface area contributed by atoms with Gasteiger partial charge in [-0.05, 0) is 12.3 Å². The number of aliphatic hydroxyl groups is 1. The number of nitrogens with zero attached hydrogens (tertiary/aromatic N) is 4. The Labute approximate surface area is 138 Å². The quantitative estimate of drug-likeness (QED) is 0.827. The number of anilines is 1. The van der Waals surface area contributed by atoms with Crippen molar-refractivity contribution in [2.24, 2.45) is 5.92 Å². The van der Waals surface area contributed by atoms with Crippen molar-refractivity contribution in [3.8, 4) is 0 Å². The van der Waals surface area contributed by atoms with Crippen LogP contribution in [0.1, 0.15) is 25.1 Å². The van der Waals surface area contributed by atoms with Gasteiger partial charge in [-0.1, -0.05) is 13.8 Å². The molecule has 0 aliphatic carbocycles. The highest BCUT2D eigenvalue weighted by Crippen LogP contribution is 2.23. The number of hydrogen-bond donors (Lipinski definition) is 1. The molecule has 6 heteroatoms. The molecule has 0 amide bonds. The normalized spacial score (nSPS) is 20.7. The molecular formula is C16H30N4OS. The fraction of sp³-hybridized carbons (Fsp3) is 0.812. The Balaban J connectivity index is 1.92. The average Bonchev–Trinajstić information content (AvgIpc) is 2.90. The fourth-order valence-corrected chi connectivity index (χ4v) is 3.91. The van der Waals surface area contributed by atoms with Gasteiger partial charge in [-0.2, -0.15) is 0 Å². The van der Waals surface area contributed by atoms with E-state index in [0.29, 0.717) is 12.0 Å². The van der Waals surface area contributed by atoms with E-state index >= 15 is 0 Å². The highest BCUT2D eigenvalue weighted by molar-refractivity contribution is 7.15. The lowest BCUT2D eigenvalue weighted by atomic mass is 10.1. The van der Waals surface area contributed by atoms with Crippen LogP contribution in [-0.4, -0.2) is 72.8 Å². The third-order valence-corrected chi connectivity index (χ3v) is 5.20. The Kier molecular flexibility index (Phi) is 6.62. The van der Waals surface area contributed by atoms with E-state index in [1.54, 1.807) is 11.3 Å². The molecule has 2 heterocycles. The van der Waals surface area contributed by atoms with Crippen molar-refractivity contribution in [1.82, 2.24) is 14.8 Å². The summed E-state index contributed by atoms with van der Waals surface area (Å²) in [6.07, 6.45) is 2.87. The lowest BCUT2D eigenvalue weighted by molar-refractivity contribution is 0.0481. The second-order valence-electron chi connectivity index (χ2n) is 6.79. The van der Waals surface area contributed by atoms with E-state index in [1.807, 2.05) is 20.3 Å². The molecule has 1 fully saturated rings. The lowest BCUT2D eigenvalue weighted by Gasteiger charge is -2.42. The van der Waals surface area contributed by atoms with Crippen LogP contribution in [0.3, 0.4) is 0 Å². The third kappa shape index (κ3) is 4.91. The van der Waals surface area contributed by atoms with Crippen LogP contribution in [0.2, 0.25) is 0 Å². The summed E-state index contributed by atoms with van der Waals surface area (Å²) in [5, 5.41) is 10.4. The van der Waals surface area contributed by atoms with Crippen LogP contribution in [0, 0.1) is 5.92 Å². The first kappa shape index (κ1) is 17.7. The van der Waals surface area contributed by atoms with Crippen molar-refractivity contribution in [2.75, 3.05) is 51.8 Å². The first-order valence-corrected chi connectivity index (χ1v) is 9.00. The van der Waals surface area contributed by atoms with Crippen LogP contribution in [0.25, 0.3) is 0 Å². The monoisotopic (exact) mass is 326 g/mol. The molecule has 0 saturated carbocycles. The SMILES string of the molecule is CC(C)CN1CCN(Cc2cnc(N(C)C)s2)C[C@H]1CCO. The smallest absolute Gasteiger partial charge is 0.185 e. The summed E-state index contributed by atoms with van der Waals surface area (Å²) in [4.78, 5) is 12.9. The summed E-state index contributed by atoms with van der Waals surface area (Å²) >= 11 is 1.77. The summed E-state index contributed by atoms with van der Waals surface area (Å²) in [6.45, 7) is 10.2. The molecule has 22 heavy (non-hydrogen) atoms. The molecule has 1 aliphatic rings. The van der Waals surface area contributed by atoms with Gasteiger partial charge in [-0.15, -0.1) is 11.3 Å². The molecule has 0 unspecified atom stereocenters. The molecular weight excluding hydrogens is 296 g/mol. The second-order valence-corrected chi connectivity index (χ2v) is 7.89. The van der Waals surface area contributed by atoms with Gasteiger partial charge in [0, 0.05) is 70.5 Å². The van der Waals surface area contributed by atoms with Crippen LogP contribution in [0.15, 0.2) is 6.20 Å². The van der Waals surface area contributed by atoms with Crippen LogP contribution >= 0.6 is 11.3 Å². The molecule has 1 N–H and O–H groups in total. The van der Waals surface area contributed by atoms with Gasteiger partial charge in [-0.3, -0.25) is 9.80 Å². The predicted octanol–water partition coefficient (Wildman–Crippen LogP) is 1.73. The first-order valence-electron chi connectivity index (χ1n) is 8.19. The topological polar surface area (TPSA) is 42.8 Å². The van der Waals surface area contributed by atoms with E-state index in [4.69, 9.17) is 0 Å². The zero-order valence-corrected chi connectivity index (χ0v) is 15.1. The Morgan fingerprint density at radius 3 is 2.77 bits per heavy atom. The summed E-state index contributed by atoms with van der Waals surface area (Å²) in [5.41, 5.74) is 0. The van der Waals surface area contributed by atoms with E-state index in [-0.39, 0.29) is 6.61 Å². The van der Waals surface area contributed by atoms with Gasteiger partial charge in [0.05, 0.1) is 0 Å². The third-order valence-electron chi connectivity index (χ3n) is 4.05. The van der Waals surface area contributed by atoms with Crippen molar-refractivity contribution in [1.29, 1.82) is 0 Å². The van der Waals surface area contributed by atoms with Crippen LogP contribution in [0.4, 0.5) is 5.13 Å². The lowest BCUT2D eigenvalue weighted by Crippen LogP contribution is -2.53. The maximum atomic E-state index is 9.35. The van der Waals surface area contributed by atoms with Gasteiger partial charge >= 0.3 is 0 Å². The van der Waals surface area contributed by atoms with Crippen LogP contribution in [-0.2, 0) is 6.54 Å². The molecule has 1 aromatic heterocycles. The largest absolute Gasteiger partial charge is 0.396 e. The molecule has 0 radical (unpaired) electrons. The van der Waals surface area contributed by atoms with E-state index in [1.165, 1.54) is 4.88 Å². The van der Waals surface area contributed by atoms with Crippen LogP contribution < -0.4 is 4.90 Å². The van der Waals surface area contributed by atoms with Gasteiger partial charge < -0.3 is 10.0 Å². The Bertz CT molecular complexity index is 449. The van der Waals surface area contributed by atoms with Crippen molar-refractivity contribution >= 4 is 16.5 Å². The molecule has 2 rings (SSSR count). The number of aliphatic hydroxyl groups excluding tert-OH is 1. The molecule has 0 spiro atoms. The maximum Gasteiger partial charge on any atom is 0.185 e. The summed E-state index contributed by atoms with van der Waals surface area (Å²) < 4.78 is 0. The molecule has 1 aromatic rings. The Morgan fingerprint density at radius 1 is 1.41 bits per heavy atom. The molecule has 0 aromatic carbocycles. The Morgan fingerprint density at radius 2 is 2.18 bits per heavy atom. The van der Waals surface area contributed by atoms with Gasteiger partial charge in [0.25, 0.3) is 0 Å². The summed E-state index contributed by atoms with van der Waals surface area (Å²) in [5.74, 6) is 0.678. The number of rotatable bonds is 7. The van der Waals surface area contributed by atoms with E-state index in [9.17, 15) is 5.11 Å². The molecule has 1 saturated heterocycles. The van der Waals surface area contributed by atoms with Gasteiger partial charge in [0.2, 0.25) is 0 Å². The van der Waals surface area contributed by atoms with Gasteiger partial charge in [0.1, 0.15) is 0 Å². The maximum absolute atomic E-state index is 9.35. The number of hydrogen-bond acceptors (Lipinski definition) is 6. The Hall–Kier alpha value is -0.690. The van der Waals surface area contributed by atoms with E-state index in [2.05, 4.69) is 33.5 Å². The number of aromatic nitrogens is 1. The average molecular weight is 327 g/mol. The zero-order chi connectivity index (χ0) is 16.1. The minimum Gasteiger partial charge on any atom is -0.396 e. The number of piperazine rings is 1. The molecule has 0 bridgehead atoms. The van der Waals surface area contributed by atoms with Crippen molar-refractivity contribution in [3.63, 3.8) is 0 Å². The highest BCUT2D eigenvalue weighted by Gasteiger charge is 2.27. The minimum atomic E-state index is 0.276. The van der Waals surface area contributed by atoms with E-state index < -0.39 is 0 Å². The standard InChI is InChI=1S/C16H30N4OS/c1-13(2)10-20-7-6-19(11-14(20)5-8-21)12-15-9-17-16(22-15)18(3)4/h9,13-14,21H,5-8,10-12H2,1-4H3/t14-/m1/s1. The van der Waals surface area contributed by atoms with Gasteiger partial charge in [0.15, 0.2) is 5.13 Å². The predicted molar refractivity (Wildman–Crippen MR) is 93.6 cm³/mol. The zero-order valence-electron chi connectivity index (χ0n) is 14.3. The molecule has 1 atom stereocenters. The highest BCUT2D eigenvalue weighted by atomic mass is 32.1.